The zero-order chi connectivity index (χ0) is 14.4. The van der Waals surface area contributed by atoms with Gasteiger partial charge in [0, 0.05) is 12.8 Å². The second-order valence-electron chi connectivity index (χ2n) is 4.47. The van der Waals surface area contributed by atoms with Crippen molar-refractivity contribution < 1.29 is 5.11 Å². The van der Waals surface area contributed by atoms with E-state index in [0.29, 0.717) is 12.2 Å². The van der Waals surface area contributed by atoms with Crippen LogP contribution in [0.5, 0.6) is 0 Å². The highest BCUT2D eigenvalue weighted by Crippen LogP contribution is 2.34. The second kappa shape index (κ2) is 7.01. The normalized spacial score (nSPS) is 16.4. The third kappa shape index (κ3) is 3.55. The van der Waals surface area contributed by atoms with Crippen molar-refractivity contribution in [3.63, 3.8) is 0 Å². The van der Waals surface area contributed by atoms with E-state index in [0.717, 1.165) is 11.3 Å². The van der Waals surface area contributed by atoms with Gasteiger partial charge in [0.05, 0.1) is 16.7 Å². The lowest BCUT2D eigenvalue weighted by molar-refractivity contribution is 0.387. The third-order valence-corrected chi connectivity index (χ3v) is 5.28. The molecule has 1 atom stereocenters. The average molecular weight is 283 g/mol. The lowest BCUT2D eigenvalue weighted by Crippen LogP contribution is -2.09. The molecular weight excluding hydrogens is 264 g/mol. The number of hydrogen-bond acceptors (Lipinski definition) is 1. The topological polar surface area (TPSA) is 20.2 Å². The summed E-state index contributed by atoms with van der Waals surface area (Å²) >= 11 is 0. The summed E-state index contributed by atoms with van der Waals surface area (Å²) in [7, 11) is -0.159. The van der Waals surface area contributed by atoms with Crippen LogP contribution in [0.15, 0.2) is 94.3 Å². The van der Waals surface area contributed by atoms with Gasteiger partial charge in [-0.25, -0.2) is 0 Å². The molecule has 1 N–H and O–H groups in total. The molecule has 2 rings (SSSR count). The molecule has 0 aromatic heterocycles. The van der Waals surface area contributed by atoms with Crippen molar-refractivity contribution in [1.82, 2.24) is 0 Å². The molecule has 1 aromatic carbocycles. The van der Waals surface area contributed by atoms with Crippen molar-refractivity contribution in [3.05, 3.63) is 89.4 Å². The first kappa shape index (κ1) is 14.5. The van der Waals surface area contributed by atoms with Gasteiger partial charge >= 0.3 is 0 Å². The lowest BCUT2D eigenvalue weighted by Gasteiger charge is -2.13. The summed E-state index contributed by atoms with van der Waals surface area (Å²) in [5.74, 6) is 0.456. The minimum atomic E-state index is -0.159. The van der Waals surface area contributed by atoms with Crippen LogP contribution in [0.4, 0.5) is 0 Å². The predicted octanol–water partition coefficient (Wildman–Crippen LogP) is 5.04. The van der Waals surface area contributed by atoms with Crippen LogP contribution < -0.4 is 0 Å². The fourth-order valence-electron chi connectivity index (χ4n) is 2.05. The summed E-state index contributed by atoms with van der Waals surface area (Å²) in [5, 5.41) is 9.53. The number of hydrogen-bond donors (Lipinski definition) is 1. The maximum absolute atomic E-state index is 9.53. The van der Waals surface area contributed by atoms with Crippen molar-refractivity contribution in [2.24, 2.45) is 0 Å². The zero-order valence-electron chi connectivity index (χ0n) is 11.5. The molecule has 0 amide bonds. The van der Waals surface area contributed by atoms with Crippen molar-refractivity contribution >= 4 is 10.9 Å². The molecule has 0 saturated carbocycles. The zero-order valence-corrected chi connectivity index (χ0v) is 12.3. The molecule has 0 heterocycles. The molecule has 0 spiro atoms. The molecule has 0 radical (unpaired) electrons. The van der Waals surface area contributed by atoms with E-state index in [1.54, 1.807) is 12.2 Å². The third-order valence-electron chi connectivity index (χ3n) is 3.01. The fourth-order valence-corrected chi connectivity index (χ4v) is 4.14. The maximum atomic E-state index is 9.53. The monoisotopic (exact) mass is 283 g/mol. The van der Waals surface area contributed by atoms with E-state index in [-0.39, 0.29) is 10.9 Å². The fraction of sp³-hybridized carbons (Fsp3) is 0.111. The maximum Gasteiger partial charge on any atom is 0.166 e. The van der Waals surface area contributed by atoms with Crippen molar-refractivity contribution in [1.29, 1.82) is 0 Å². The van der Waals surface area contributed by atoms with E-state index >= 15 is 0 Å². The molecule has 0 bridgehead atoms. The van der Waals surface area contributed by atoms with Crippen LogP contribution in [-0.2, 0) is 10.9 Å². The summed E-state index contributed by atoms with van der Waals surface area (Å²) in [5.41, 5.74) is 0. The Morgan fingerprint density at radius 2 is 1.90 bits per heavy atom. The van der Waals surface area contributed by atoms with Crippen LogP contribution in [0.2, 0.25) is 0 Å². The van der Waals surface area contributed by atoms with Gasteiger partial charge in [0.1, 0.15) is 4.91 Å². The molecule has 1 aliphatic rings. The van der Waals surface area contributed by atoms with E-state index < -0.39 is 0 Å². The summed E-state index contributed by atoms with van der Waals surface area (Å²) in [6, 6.07) is 10.4. The first-order chi connectivity index (χ1) is 9.72. The quantitative estimate of drug-likeness (QED) is 0.593. The van der Waals surface area contributed by atoms with Gasteiger partial charge in [0.2, 0.25) is 0 Å². The number of rotatable bonds is 5. The van der Waals surface area contributed by atoms with E-state index in [1.807, 2.05) is 24.3 Å². The van der Waals surface area contributed by atoms with Crippen LogP contribution >= 0.6 is 0 Å². The Hall–Kier alpha value is -1.93. The molecule has 0 saturated heterocycles. The Labute approximate surface area is 123 Å². The molecule has 20 heavy (non-hydrogen) atoms. The first-order valence-electron chi connectivity index (χ1n) is 6.58. The molecule has 1 unspecified atom stereocenters. The van der Waals surface area contributed by atoms with E-state index in [4.69, 9.17) is 0 Å². The Bertz CT molecular complexity index is 579. The smallest absolute Gasteiger partial charge is 0.166 e. The van der Waals surface area contributed by atoms with Gasteiger partial charge < -0.3 is 5.11 Å². The van der Waals surface area contributed by atoms with Crippen LogP contribution in [0, 0.1) is 0 Å². The Morgan fingerprint density at radius 1 is 1.15 bits per heavy atom. The molecule has 1 nitrogen and oxygen atoms in total. The van der Waals surface area contributed by atoms with Crippen LogP contribution in [0.3, 0.4) is 0 Å². The van der Waals surface area contributed by atoms with Gasteiger partial charge in [0.25, 0.3) is 0 Å². The lowest BCUT2D eigenvalue weighted by atomic mass is 10.2. The highest BCUT2D eigenvalue weighted by molar-refractivity contribution is 8.04. The number of aliphatic hydroxyl groups is 1. The van der Waals surface area contributed by atoms with Crippen LogP contribution in [0.25, 0.3) is 0 Å². The highest BCUT2D eigenvalue weighted by Gasteiger charge is 2.31. The Kier molecular flexibility index (Phi) is 5.08. The summed E-state index contributed by atoms with van der Waals surface area (Å²) in [6.07, 6.45) is 11.1. The Morgan fingerprint density at radius 3 is 2.50 bits per heavy atom. The van der Waals surface area contributed by atoms with Gasteiger partial charge in [-0.2, -0.15) is 0 Å². The van der Waals surface area contributed by atoms with Gasteiger partial charge in [-0.05, 0) is 36.9 Å². The molecule has 0 aliphatic heterocycles. The predicted molar refractivity (Wildman–Crippen MR) is 88.6 cm³/mol. The summed E-state index contributed by atoms with van der Waals surface area (Å²) in [6.45, 7) is 7.92. The SMILES string of the molecule is C=C/C=C\C(=C)[S+](C1=CC=C(O)CC1)c1ccccc1. The molecule has 102 valence electrons. The molecule has 1 aromatic rings. The number of benzene rings is 1. The number of allylic oxidation sites excluding steroid dienone is 7. The van der Waals surface area contributed by atoms with E-state index in [2.05, 4.69) is 37.4 Å². The van der Waals surface area contributed by atoms with Crippen LogP contribution in [0.1, 0.15) is 12.8 Å². The van der Waals surface area contributed by atoms with Crippen molar-refractivity contribution in [3.8, 4) is 0 Å². The Balaban J connectivity index is 2.37. The van der Waals surface area contributed by atoms with Gasteiger partial charge in [-0.15, -0.1) is 0 Å². The minimum Gasteiger partial charge on any atom is -0.512 e. The van der Waals surface area contributed by atoms with Gasteiger partial charge in [0.15, 0.2) is 9.80 Å². The van der Waals surface area contributed by atoms with E-state index in [9.17, 15) is 5.11 Å². The first-order valence-corrected chi connectivity index (χ1v) is 7.81. The van der Waals surface area contributed by atoms with Crippen LogP contribution in [-0.4, -0.2) is 5.11 Å². The molecule has 2 heteroatoms. The minimum absolute atomic E-state index is 0.159. The van der Waals surface area contributed by atoms with Crippen molar-refractivity contribution in [2.45, 2.75) is 17.7 Å². The molecule has 0 fully saturated rings. The van der Waals surface area contributed by atoms with E-state index in [1.165, 1.54) is 9.80 Å². The number of aliphatic hydroxyl groups excluding tert-OH is 1. The van der Waals surface area contributed by atoms with Gasteiger partial charge in [-0.1, -0.05) is 36.9 Å². The molecular formula is C18H19OS+. The standard InChI is InChI=1S/C18H18OS/c1-3-4-8-15(2)20(17-9-6-5-7-10-17)18-13-11-16(19)12-14-18/h3-11,13H,1-2,12,14H2/p+1/b8-4-. The van der Waals surface area contributed by atoms with Gasteiger partial charge in [-0.3, -0.25) is 0 Å². The summed E-state index contributed by atoms with van der Waals surface area (Å²) in [4.78, 5) is 3.64. The second-order valence-corrected chi connectivity index (χ2v) is 6.60. The summed E-state index contributed by atoms with van der Waals surface area (Å²) < 4.78 is 0. The highest BCUT2D eigenvalue weighted by atomic mass is 32.2. The molecule has 1 aliphatic carbocycles. The van der Waals surface area contributed by atoms with Crippen molar-refractivity contribution in [2.75, 3.05) is 0 Å². The largest absolute Gasteiger partial charge is 0.512 e. The average Bonchev–Trinajstić information content (AvgIpc) is 2.48.